The van der Waals surface area contributed by atoms with Crippen LogP contribution in [0.2, 0.25) is 0 Å². The van der Waals surface area contributed by atoms with E-state index in [-0.39, 0.29) is 11.0 Å². The summed E-state index contributed by atoms with van der Waals surface area (Å²) in [5.41, 5.74) is 3.64. The molecule has 30 heavy (non-hydrogen) atoms. The lowest BCUT2D eigenvalue weighted by atomic mass is 10.1. The SMILES string of the molecule is CC1=NN(c2cccc(S(N)(=O)=O)c2)C(O)/C1=C\c1ccc(N2CCC(O)C2)cc1. The van der Waals surface area contributed by atoms with Crippen molar-refractivity contribution in [2.24, 2.45) is 10.2 Å². The van der Waals surface area contributed by atoms with Crippen LogP contribution in [0.5, 0.6) is 0 Å². The van der Waals surface area contributed by atoms with Gasteiger partial charge in [0.2, 0.25) is 10.0 Å². The zero-order valence-corrected chi connectivity index (χ0v) is 17.3. The first-order valence-electron chi connectivity index (χ1n) is 9.63. The molecule has 9 heteroatoms. The van der Waals surface area contributed by atoms with Crippen LogP contribution in [0.1, 0.15) is 18.9 Å². The van der Waals surface area contributed by atoms with Gasteiger partial charge in [-0.15, -0.1) is 0 Å². The second kappa shape index (κ2) is 7.84. The van der Waals surface area contributed by atoms with Gasteiger partial charge < -0.3 is 15.1 Å². The number of aliphatic hydroxyl groups is 2. The van der Waals surface area contributed by atoms with Crippen molar-refractivity contribution in [1.82, 2.24) is 0 Å². The molecule has 4 N–H and O–H groups in total. The lowest BCUT2D eigenvalue weighted by Crippen LogP contribution is -2.27. The van der Waals surface area contributed by atoms with Crippen LogP contribution in [-0.4, -0.2) is 49.8 Å². The van der Waals surface area contributed by atoms with Gasteiger partial charge >= 0.3 is 0 Å². The number of hydrogen-bond donors (Lipinski definition) is 3. The van der Waals surface area contributed by atoms with Gasteiger partial charge in [-0.25, -0.2) is 18.6 Å². The molecular weight excluding hydrogens is 404 g/mol. The number of anilines is 2. The van der Waals surface area contributed by atoms with Crippen molar-refractivity contribution in [3.63, 3.8) is 0 Å². The normalized spacial score (nSPS) is 23.3. The summed E-state index contributed by atoms with van der Waals surface area (Å²) in [5.74, 6) is 0. The van der Waals surface area contributed by atoms with Crippen molar-refractivity contribution in [1.29, 1.82) is 0 Å². The van der Waals surface area contributed by atoms with Crippen LogP contribution in [0, 0.1) is 0 Å². The summed E-state index contributed by atoms with van der Waals surface area (Å²) < 4.78 is 23.2. The van der Waals surface area contributed by atoms with E-state index in [0.29, 0.717) is 23.5 Å². The number of benzene rings is 2. The molecule has 2 aliphatic heterocycles. The van der Waals surface area contributed by atoms with E-state index in [1.807, 2.05) is 30.3 Å². The molecule has 0 saturated carbocycles. The maximum Gasteiger partial charge on any atom is 0.238 e. The predicted octanol–water partition coefficient (Wildman–Crippen LogP) is 1.50. The minimum Gasteiger partial charge on any atom is -0.391 e. The molecule has 4 rings (SSSR count). The van der Waals surface area contributed by atoms with Gasteiger partial charge in [0.15, 0.2) is 6.23 Å². The van der Waals surface area contributed by atoms with Gasteiger partial charge in [0.25, 0.3) is 0 Å². The highest BCUT2D eigenvalue weighted by molar-refractivity contribution is 7.89. The molecule has 2 heterocycles. The maximum absolute atomic E-state index is 11.6. The van der Waals surface area contributed by atoms with Gasteiger partial charge in [0, 0.05) is 24.4 Å². The van der Waals surface area contributed by atoms with Crippen molar-refractivity contribution in [3.8, 4) is 0 Å². The summed E-state index contributed by atoms with van der Waals surface area (Å²) in [7, 11) is -3.85. The molecule has 2 aromatic rings. The van der Waals surface area contributed by atoms with E-state index < -0.39 is 16.3 Å². The Hall–Kier alpha value is -2.72. The topological polar surface area (TPSA) is 119 Å². The third-order valence-corrected chi connectivity index (χ3v) is 6.25. The zero-order chi connectivity index (χ0) is 21.5. The fourth-order valence-electron chi connectivity index (χ4n) is 3.71. The number of β-amino-alcohol motifs (C(OH)–C–C–N with tert-alkyl or cyclic N) is 1. The molecule has 2 aromatic carbocycles. The van der Waals surface area contributed by atoms with Crippen molar-refractivity contribution in [2.45, 2.75) is 30.6 Å². The highest BCUT2D eigenvalue weighted by Gasteiger charge is 2.29. The minimum atomic E-state index is -3.85. The van der Waals surface area contributed by atoms with E-state index in [1.54, 1.807) is 19.1 Å². The quantitative estimate of drug-likeness (QED) is 0.679. The van der Waals surface area contributed by atoms with Crippen LogP contribution in [0.15, 0.2) is 64.1 Å². The third kappa shape index (κ3) is 4.10. The van der Waals surface area contributed by atoms with Crippen LogP contribution in [0.25, 0.3) is 6.08 Å². The highest BCUT2D eigenvalue weighted by atomic mass is 32.2. The second-order valence-corrected chi connectivity index (χ2v) is 9.09. The van der Waals surface area contributed by atoms with E-state index in [9.17, 15) is 18.6 Å². The smallest absolute Gasteiger partial charge is 0.238 e. The molecule has 0 radical (unpaired) electrons. The number of hydrazone groups is 1. The monoisotopic (exact) mass is 428 g/mol. The standard InChI is InChI=1S/C21H24N4O4S/c1-14-20(11-15-5-7-16(8-6-15)24-10-9-18(26)13-24)21(27)25(23-14)17-3-2-4-19(12-17)30(22,28)29/h2-8,11-12,18,21,26-27H,9-10,13H2,1H3,(H2,22,28,29)/b20-11-. The van der Waals surface area contributed by atoms with Crippen LogP contribution in [0.3, 0.4) is 0 Å². The molecule has 2 atom stereocenters. The Balaban J connectivity index is 1.56. The molecule has 1 fully saturated rings. The van der Waals surface area contributed by atoms with Gasteiger partial charge in [-0.3, -0.25) is 0 Å². The summed E-state index contributed by atoms with van der Waals surface area (Å²) >= 11 is 0. The van der Waals surface area contributed by atoms with Crippen molar-refractivity contribution in [2.75, 3.05) is 23.0 Å². The highest BCUT2D eigenvalue weighted by Crippen LogP contribution is 2.30. The van der Waals surface area contributed by atoms with Crippen LogP contribution >= 0.6 is 0 Å². The lowest BCUT2D eigenvalue weighted by Gasteiger charge is -2.20. The van der Waals surface area contributed by atoms with Gasteiger partial charge in [-0.2, -0.15) is 5.10 Å². The van der Waals surface area contributed by atoms with E-state index in [2.05, 4.69) is 10.0 Å². The molecular formula is C21H24N4O4S. The fourth-order valence-corrected chi connectivity index (χ4v) is 4.26. The van der Waals surface area contributed by atoms with E-state index in [4.69, 9.17) is 5.14 Å². The summed E-state index contributed by atoms with van der Waals surface area (Å²) in [6, 6.07) is 13.9. The summed E-state index contributed by atoms with van der Waals surface area (Å²) in [6.45, 7) is 3.26. The van der Waals surface area contributed by atoms with Crippen LogP contribution in [0.4, 0.5) is 11.4 Å². The van der Waals surface area contributed by atoms with E-state index in [0.717, 1.165) is 24.2 Å². The Morgan fingerprint density at radius 2 is 1.87 bits per heavy atom. The zero-order valence-electron chi connectivity index (χ0n) is 16.5. The molecule has 0 bridgehead atoms. The number of hydrogen-bond acceptors (Lipinski definition) is 7. The van der Waals surface area contributed by atoms with Crippen LogP contribution < -0.4 is 15.0 Å². The third-order valence-electron chi connectivity index (χ3n) is 5.34. The van der Waals surface area contributed by atoms with Crippen molar-refractivity contribution >= 4 is 33.2 Å². The molecule has 0 aromatic heterocycles. The number of rotatable bonds is 4. The average molecular weight is 429 g/mol. The molecule has 1 saturated heterocycles. The van der Waals surface area contributed by atoms with Crippen molar-refractivity contribution < 1.29 is 18.6 Å². The molecule has 158 valence electrons. The Kier molecular flexibility index (Phi) is 5.37. The molecule has 0 amide bonds. The largest absolute Gasteiger partial charge is 0.391 e. The molecule has 2 aliphatic rings. The number of aliphatic hydroxyl groups excluding tert-OH is 2. The molecule has 0 spiro atoms. The Morgan fingerprint density at radius 1 is 1.13 bits per heavy atom. The first-order valence-corrected chi connectivity index (χ1v) is 11.2. The second-order valence-electron chi connectivity index (χ2n) is 7.53. The number of primary sulfonamides is 1. The van der Waals surface area contributed by atoms with Gasteiger partial charge in [-0.05, 0) is 55.3 Å². The Bertz CT molecular complexity index is 1110. The first-order chi connectivity index (χ1) is 14.2. The predicted molar refractivity (Wildman–Crippen MR) is 117 cm³/mol. The molecule has 8 nitrogen and oxygen atoms in total. The summed E-state index contributed by atoms with van der Waals surface area (Å²) in [6.07, 6.45) is 1.30. The lowest BCUT2D eigenvalue weighted by molar-refractivity contribution is 0.198. The minimum absolute atomic E-state index is 0.0416. The Morgan fingerprint density at radius 3 is 2.50 bits per heavy atom. The number of nitrogens with zero attached hydrogens (tertiary/aromatic N) is 3. The number of sulfonamides is 1. The fraction of sp³-hybridized carbons (Fsp3) is 0.286. The van der Waals surface area contributed by atoms with Crippen molar-refractivity contribution in [3.05, 3.63) is 59.7 Å². The molecule has 2 unspecified atom stereocenters. The van der Waals surface area contributed by atoms with Gasteiger partial charge in [-0.1, -0.05) is 18.2 Å². The summed E-state index contributed by atoms with van der Waals surface area (Å²) in [5, 5.41) is 31.5. The van der Waals surface area contributed by atoms with Gasteiger partial charge in [0.05, 0.1) is 22.4 Å². The van der Waals surface area contributed by atoms with E-state index in [1.165, 1.54) is 17.1 Å². The Labute approximate surface area is 175 Å². The first kappa shape index (κ1) is 20.5. The maximum atomic E-state index is 11.6. The molecule has 0 aliphatic carbocycles. The average Bonchev–Trinajstić information content (AvgIpc) is 3.26. The summed E-state index contributed by atoms with van der Waals surface area (Å²) in [4.78, 5) is 2.10. The van der Waals surface area contributed by atoms with Gasteiger partial charge in [0.1, 0.15) is 0 Å². The van der Waals surface area contributed by atoms with E-state index >= 15 is 0 Å². The van der Waals surface area contributed by atoms with Crippen LogP contribution in [-0.2, 0) is 10.0 Å². The number of nitrogens with two attached hydrogens (primary N) is 1.